The predicted molar refractivity (Wildman–Crippen MR) is 278 cm³/mol. The van der Waals surface area contributed by atoms with Crippen molar-refractivity contribution in [1.29, 1.82) is 0 Å². The van der Waals surface area contributed by atoms with Gasteiger partial charge in [-0.05, 0) is 129 Å². The van der Waals surface area contributed by atoms with Crippen molar-refractivity contribution in [2.24, 2.45) is 0 Å². The molecule has 2 nitrogen and oxygen atoms in total. The van der Waals surface area contributed by atoms with E-state index in [1.807, 2.05) is 0 Å². The molecular weight excluding hydrogens is 815 g/mol. The van der Waals surface area contributed by atoms with Gasteiger partial charge in [0.2, 0.25) is 0 Å². The van der Waals surface area contributed by atoms with E-state index in [-0.39, 0.29) is 10.8 Å². The van der Waals surface area contributed by atoms with Crippen LogP contribution in [0.25, 0.3) is 55.3 Å². The van der Waals surface area contributed by atoms with E-state index in [2.05, 4.69) is 234 Å². The molecule has 1 aromatic heterocycles. The standard InChI is InChI=1S/C63H49NOSi/c1-61(2,3)38-27-30-45-46-31-28-39(62(4,5)6)34-59(46)66(58(45)33-38)57-26-16-10-20-44(57)47-32-29-40(35-60(47)66)64-53-24-14-13-23-51(53)63(49-21-11-7-17-41(49)42-18-8-12-22-50(42)63)52-36-48-43-19-9-15-25-55(43)65-56(48)37-54(52)64/h7-37H,1-6H3. The maximum atomic E-state index is 6.81. The summed E-state index contributed by atoms with van der Waals surface area (Å²) in [5.41, 5.74) is 20.8. The summed E-state index contributed by atoms with van der Waals surface area (Å²) in [6.07, 6.45) is 0. The largest absolute Gasteiger partial charge is 0.456 e. The first kappa shape index (κ1) is 38.1. The van der Waals surface area contributed by atoms with Crippen molar-refractivity contribution in [3.05, 3.63) is 221 Å². The smallest absolute Gasteiger partial charge is 0.182 e. The molecule has 2 spiro atoms. The Morgan fingerprint density at radius 1 is 0.379 bits per heavy atom. The van der Waals surface area contributed by atoms with E-state index in [1.165, 1.54) is 98.9 Å². The predicted octanol–water partition coefficient (Wildman–Crippen LogP) is 13.7. The van der Waals surface area contributed by atoms with Crippen LogP contribution in [0.1, 0.15) is 74.9 Å². The number of furan rings is 1. The van der Waals surface area contributed by atoms with Crippen molar-refractivity contribution >= 4 is 67.8 Å². The maximum Gasteiger partial charge on any atom is 0.182 e. The third kappa shape index (κ3) is 4.66. The van der Waals surface area contributed by atoms with Gasteiger partial charge in [-0.1, -0.05) is 193 Å². The molecular formula is C63H49NOSi. The molecule has 0 radical (unpaired) electrons. The van der Waals surface area contributed by atoms with Crippen LogP contribution in [-0.2, 0) is 16.2 Å². The molecule has 1 aliphatic carbocycles. The van der Waals surface area contributed by atoms with E-state index in [1.54, 1.807) is 0 Å². The fraction of sp³-hybridized carbons (Fsp3) is 0.143. The van der Waals surface area contributed by atoms with E-state index < -0.39 is 13.5 Å². The van der Waals surface area contributed by atoms with Gasteiger partial charge in [-0.15, -0.1) is 0 Å². The number of para-hydroxylation sites is 2. The summed E-state index contributed by atoms with van der Waals surface area (Å²) in [5.74, 6) is 0. The Balaban J connectivity index is 1.10. The first-order chi connectivity index (χ1) is 32.0. The Labute approximate surface area is 387 Å². The van der Waals surface area contributed by atoms with Gasteiger partial charge in [0.15, 0.2) is 8.07 Å². The number of fused-ring (bicyclic) bond motifs is 22. The number of rotatable bonds is 1. The van der Waals surface area contributed by atoms with Gasteiger partial charge in [-0.2, -0.15) is 0 Å². The molecule has 4 heterocycles. The number of nitrogens with zero attached hydrogens (tertiary/aromatic N) is 1. The minimum Gasteiger partial charge on any atom is -0.456 e. The molecule has 0 N–H and O–H groups in total. The van der Waals surface area contributed by atoms with Crippen LogP contribution in [0.2, 0.25) is 0 Å². The Morgan fingerprint density at radius 3 is 1.55 bits per heavy atom. The van der Waals surface area contributed by atoms with Crippen LogP contribution in [0.4, 0.5) is 17.1 Å². The van der Waals surface area contributed by atoms with Crippen molar-refractivity contribution < 1.29 is 4.42 Å². The molecule has 14 rings (SSSR count). The molecule has 0 unspecified atom stereocenters. The second-order valence-corrected chi connectivity index (χ2v) is 24.9. The average molecular weight is 864 g/mol. The Kier molecular flexibility index (Phi) is 7.38. The first-order valence-electron chi connectivity index (χ1n) is 23.6. The van der Waals surface area contributed by atoms with Crippen LogP contribution in [0.15, 0.2) is 192 Å². The number of benzene rings is 9. The number of hydrogen-bond acceptors (Lipinski definition) is 2. The zero-order chi connectivity index (χ0) is 44.5. The van der Waals surface area contributed by atoms with Crippen LogP contribution < -0.4 is 25.6 Å². The molecule has 0 bridgehead atoms. The summed E-state index contributed by atoms with van der Waals surface area (Å²) in [5, 5.41) is 8.28. The summed E-state index contributed by atoms with van der Waals surface area (Å²) in [4.78, 5) is 2.57. The normalized spacial score (nSPS) is 15.3. The topological polar surface area (TPSA) is 16.4 Å². The molecule has 0 saturated heterocycles. The van der Waals surface area contributed by atoms with Crippen LogP contribution in [0, 0.1) is 0 Å². The third-order valence-corrected chi connectivity index (χ3v) is 20.7. The van der Waals surface area contributed by atoms with Gasteiger partial charge in [0.25, 0.3) is 0 Å². The monoisotopic (exact) mass is 863 g/mol. The summed E-state index contributed by atoms with van der Waals surface area (Å²) < 4.78 is 6.81. The summed E-state index contributed by atoms with van der Waals surface area (Å²) in [7, 11) is -2.89. The van der Waals surface area contributed by atoms with Crippen LogP contribution in [0.5, 0.6) is 0 Å². The van der Waals surface area contributed by atoms with Gasteiger partial charge in [0.1, 0.15) is 11.2 Å². The molecule has 10 aromatic rings. The molecule has 9 aromatic carbocycles. The van der Waals surface area contributed by atoms with Crippen molar-refractivity contribution in [3.8, 4) is 33.4 Å². The Bertz CT molecular complexity index is 3650. The average Bonchev–Trinajstić information content (AvgIpc) is 4.03. The van der Waals surface area contributed by atoms with Crippen molar-refractivity contribution in [2.75, 3.05) is 4.90 Å². The zero-order valence-corrected chi connectivity index (χ0v) is 39.3. The molecule has 3 heteroatoms. The minimum atomic E-state index is -2.89. The lowest BCUT2D eigenvalue weighted by molar-refractivity contribution is 0.590. The van der Waals surface area contributed by atoms with Crippen LogP contribution in [-0.4, -0.2) is 8.07 Å². The Hall–Kier alpha value is -7.20. The molecule has 0 atom stereocenters. The van der Waals surface area contributed by atoms with Gasteiger partial charge in [-0.3, -0.25) is 0 Å². The quantitative estimate of drug-likeness (QED) is 0.153. The molecule has 0 fully saturated rings. The van der Waals surface area contributed by atoms with Crippen molar-refractivity contribution in [1.82, 2.24) is 0 Å². The third-order valence-electron chi connectivity index (χ3n) is 15.8. The molecule has 66 heavy (non-hydrogen) atoms. The zero-order valence-electron chi connectivity index (χ0n) is 38.3. The molecule has 3 aliphatic heterocycles. The highest BCUT2D eigenvalue weighted by atomic mass is 28.3. The maximum absolute atomic E-state index is 6.81. The summed E-state index contributed by atoms with van der Waals surface area (Å²) in [6, 6.07) is 72.5. The molecule has 4 aliphatic rings. The van der Waals surface area contributed by atoms with Crippen LogP contribution >= 0.6 is 0 Å². The fourth-order valence-electron chi connectivity index (χ4n) is 12.8. The molecule has 0 amide bonds. The van der Waals surface area contributed by atoms with Crippen molar-refractivity contribution in [2.45, 2.75) is 57.8 Å². The van der Waals surface area contributed by atoms with Crippen LogP contribution in [0.3, 0.4) is 0 Å². The lowest BCUT2D eigenvalue weighted by Gasteiger charge is -2.45. The fourth-order valence-corrected chi connectivity index (χ4v) is 18.5. The summed E-state index contributed by atoms with van der Waals surface area (Å²) in [6.45, 7) is 14.1. The minimum absolute atomic E-state index is 0.00455. The second-order valence-electron chi connectivity index (χ2n) is 21.2. The van der Waals surface area contributed by atoms with Gasteiger partial charge in [-0.25, -0.2) is 0 Å². The number of hydrogen-bond donors (Lipinski definition) is 0. The van der Waals surface area contributed by atoms with E-state index in [0.29, 0.717) is 0 Å². The lowest BCUT2D eigenvalue weighted by Crippen LogP contribution is -2.71. The van der Waals surface area contributed by atoms with E-state index >= 15 is 0 Å². The second kappa shape index (κ2) is 12.8. The SMILES string of the molecule is CC(C)(C)c1ccc2c(c1)[Si]1(c3ccccc3-c3ccc(N4c5ccccc5C5(c6ccccc6-c6ccccc65)c5cc6c(cc54)oc4ccccc46)cc31)c1cc(C(C)(C)C)ccc1-2. The van der Waals surface area contributed by atoms with E-state index in [9.17, 15) is 0 Å². The van der Waals surface area contributed by atoms with E-state index in [0.717, 1.165) is 27.6 Å². The number of anilines is 3. The van der Waals surface area contributed by atoms with Gasteiger partial charge in [0, 0.05) is 22.5 Å². The highest BCUT2D eigenvalue weighted by Gasteiger charge is 2.56. The Morgan fingerprint density at radius 2 is 0.894 bits per heavy atom. The van der Waals surface area contributed by atoms with Gasteiger partial charge >= 0.3 is 0 Å². The first-order valence-corrected chi connectivity index (χ1v) is 25.6. The highest BCUT2D eigenvalue weighted by molar-refractivity contribution is 7.24. The van der Waals surface area contributed by atoms with E-state index in [4.69, 9.17) is 4.42 Å². The molecule has 0 saturated carbocycles. The highest BCUT2D eigenvalue weighted by Crippen LogP contribution is 2.64. The van der Waals surface area contributed by atoms with Gasteiger partial charge < -0.3 is 9.32 Å². The van der Waals surface area contributed by atoms with Gasteiger partial charge in [0.05, 0.1) is 16.8 Å². The van der Waals surface area contributed by atoms with Crippen molar-refractivity contribution in [3.63, 3.8) is 0 Å². The molecule has 316 valence electrons. The lowest BCUT2D eigenvalue weighted by atomic mass is 9.64. The summed E-state index contributed by atoms with van der Waals surface area (Å²) >= 11 is 0.